The SMILES string of the molecule is CCCCN.COC1CCCCC1C=O. The Kier molecular flexibility index (Phi) is 9.84. The van der Waals surface area contributed by atoms with Gasteiger partial charge >= 0.3 is 0 Å². The predicted octanol–water partition coefficient (Wildman–Crippen LogP) is 2.14. The molecule has 2 atom stereocenters. The summed E-state index contributed by atoms with van der Waals surface area (Å²) in [5, 5.41) is 0. The van der Waals surface area contributed by atoms with E-state index in [2.05, 4.69) is 6.92 Å². The van der Waals surface area contributed by atoms with Gasteiger partial charge in [-0.2, -0.15) is 0 Å². The Labute approximate surface area is 93.4 Å². The third kappa shape index (κ3) is 6.63. The maximum Gasteiger partial charge on any atom is 0.125 e. The van der Waals surface area contributed by atoms with E-state index in [1.54, 1.807) is 7.11 Å². The second-order valence-corrected chi connectivity index (χ2v) is 4.00. The van der Waals surface area contributed by atoms with Crippen LogP contribution in [0.25, 0.3) is 0 Å². The summed E-state index contributed by atoms with van der Waals surface area (Å²) in [7, 11) is 1.69. The van der Waals surface area contributed by atoms with Gasteiger partial charge in [0.1, 0.15) is 6.29 Å². The molecule has 0 radical (unpaired) electrons. The molecule has 0 saturated heterocycles. The number of unbranched alkanes of at least 4 members (excludes halogenated alkanes) is 1. The highest BCUT2D eigenvalue weighted by Crippen LogP contribution is 2.24. The molecule has 1 saturated carbocycles. The number of methoxy groups -OCH3 is 1. The molecule has 0 spiro atoms. The number of carbonyl (C=O) groups is 1. The Hall–Kier alpha value is -0.410. The van der Waals surface area contributed by atoms with Crippen LogP contribution in [0.4, 0.5) is 0 Å². The van der Waals surface area contributed by atoms with Gasteiger partial charge in [0.15, 0.2) is 0 Å². The van der Waals surface area contributed by atoms with E-state index in [4.69, 9.17) is 10.5 Å². The maximum absolute atomic E-state index is 10.4. The molecule has 2 unspecified atom stereocenters. The molecular weight excluding hydrogens is 190 g/mol. The average molecular weight is 215 g/mol. The van der Waals surface area contributed by atoms with Gasteiger partial charge in [0.25, 0.3) is 0 Å². The lowest BCUT2D eigenvalue weighted by Crippen LogP contribution is -2.27. The van der Waals surface area contributed by atoms with Crippen LogP contribution in [0.1, 0.15) is 45.4 Å². The van der Waals surface area contributed by atoms with Crippen molar-refractivity contribution in [1.82, 2.24) is 0 Å². The van der Waals surface area contributed by atoms with Crippen molar-refractivity contribution in [2.75, 3.05) is 13.7 Å². The van der Waals surface area contributed by atoms with E-state index in [0.29, 0.717) is 0 Å². The molecule has 1 aliphatic rings. The standard InChI is InChI=1S/C8H14O2.C4H11N/c1-10-8-5-3-2-4-7(8)6-9;1-2-3-4-5/h6-8H,2-5H2,1H3;2-5H2,1H3. The van der Waals surface area contributed by atoms with Crippen molar-refractivity contribution in [3.8, 4) is 0 Å². The number of hydrogen-bond donors (Lipinski definition) is 1. The average Bonchev–Trinajstić information content (AvgIpc) is 2.31. The zero-order chi connectivity index (χ0) is 11.5. The summed E-state index contributed by atoms with van der Waals surface area (Å²) < 4.78 is 5.16. The van der Waals surface area contributed by atoms with Crippen LogP contribution in [0.15, 0.2) is 0 Å². The minimum Gasteiger partial charge on any atom is -0.381 e. The molecule has 90 valence electrons. The van der Waals surface area contributed by atoms with E-state index in [1.165, 1.54) is 25.7 Å². The van der Waals surface area contributed by atoms with Crippen LogP contribution < -0.4 is 5.73 Å². The van der Waals surface area contributed by atoms with E-state index < -0.39 is 0 Å². The third-order valence-electron chi connectivity index (χ3n) is 2.79. The monoisotopic (exact) mass is 215 g/mol. The summed E-state index contributed by atoms with van der Waals surface area (Å²) in [6.45, 7) is 2.98. The molecule has 0 bridgehead atoms. The Morgan fingerprint density at radius 1 is 1.40 bits per heavy atom. The van der Waals surface area contributed by atoms with Crippen LogP contribution in [-0.2, 0) is 9.53 Å². The topological polar surface area (TPSA) is 52.3 Å². The first-order chi connectivity index (χ1) is 7.29. The Balaban J connectivity index is 0.000000336. The fourth-order valence-corrected chi connectivity index (χ4v) is 1.78. The smallest absolute Gasteiger partial charge is 0.125 e. The normalized spacial score (nSPS) is 25.3. The van der Waals surface area contributed by atoms with Crippen molar-refractivity contribution in [3.63, 3.8) is 0 Å². The fraction of sp³-hybridized carbons (Fsp3) is 0.917. The minimum absolute atomic E-state index is 0.166. The lowest BCUT2D eigenvalue weighted by Gasteiger charge is -2.25. The number of rotatable bonds is 4. The van der Waals surface area contributed by atoms with Crippen LogP contribution in [0, 0.1) is 5.92 Å². The summed E-state index contributed by atoms with van der Waals surface area (Å²) in [4.78, 5) is 10.4. The van der Waals surface area contributed by atoms with Crippen LogP contribution in [0.2, 0.25) is 0 Å². The highest BCUT2D eigenvalue weighted by atomic mass is 16.5. The Morgan fingerprint density at radius 3 is 2.40 bits per heavy atom. The summed E-state index contributed by atoms with van der Waals surface area (Å²) in [6.07, 6.45) is 8.09. The summed E-state index contributed by atoms with van der Waals surface area (Å²) in [5.74, 6) is 0.166. The van der Waals surface area contributed by atoms with Gasteiger partial charge in [-0.15, -0.1) is 0 Å². The van der Waals surface area contributed by atoms with Gasteiger partial charge in [0.05, 0.1) is 6.10 Å². The minimum atomic E-state index is 0.166. The van der Waals surface area contributed by atoms with Crippen LogP contribution in [0.3, 0.4) is 0 Å². The number of ether oxygens (including phenoxy) is 1. The molecule has 3 nitrogen and oxygen atoms in total. The predicted molar refractivity (Wildman–Crippen MR) is 62.8 cm³/mol. The number of carbonyl (C=O) groups excluding carboxylic acids is 1. The van der Waals surface area contributed by atoms with Gasteiger partial charge in [-0.1, -0.05) is 26.2 Å². The van der Waals surface area contributed by atoms with E-state index in [9.17, 15) is 4.79 Å². The first-order valence-corrected chi connectivity index (χ1v) is 5.98. The maximum atomic E-state index is 10.4. The lowest BCUT2D eigenvalue weighted by molar-refractivity contribution is -0.116. The van der Waals surface area contributed by atoms with Gasteiger partial charge in [0, 0.05) is 13.0 Å². The van der Waals surface area contributed by atoms with Crippen LogP contribution in [0.5, 0.6) is 0 Å². The van der Waals surface area contributed by atoms with Crippen molar-refractivity contribution in [2.24, 2.45) is 11.7 Å². The van der Waals surface area contributed by atoms with E-state index in [-0.39, 0.29) is 12.0 Å². The van der Waals surface area contributed by atoms with Gasteiger partial charge < -0.3 is 15.3 Å². The highest BCUT2D eigenvalue weighted by molar-refractivity contribution is 5.54. The zero-order valence-electron chi connectivity index (χ0n) is 10.1. The van der Waals surface area contributed by atoms with Gasteiger partial charge in [-0.05, 0) is 25.8 Å². The first kappa shape index (κ1) is 14.6. The second kappa shape index (κ2) is 10.1. The van der Waals surface area contributed by atoms with E-state index >= 15 is 0 Å². The number of aldehydes is 1. The van der Waals surface area contributed by atoms with Gasteiger partial charge in [-0.25, -0.2) is 0 Å². The van der Waals surface area contributed by atoms with Crippen molar-refractivity contribution >= 4 is 6.29 Å². The van der Waals surface area contributed by atoms with Crippen LogP contribution in [-0.4, -0.2) is 26.0 Å². The van der Waals surface area contributed by atoms with Crippen molar-refractivity contribution in [2.45, 2.75) is 51.6 Å². The molecule has 1 rings (SSSR count). The van der Waals surface area contributed by atoms with Crippen molar-refractivity contribution in [3.05, 3.63) is 0 Å². The molecule has 1 aliphatic carbocycles. The molecule has 0 amide bonds. The third-order valence-corrected chi connectivity index (χ3v) is 2.79. The quantitative estimate of drug-likeness (QED) is 0.731. The molecule has 0 heterocycles. The van der Waals surface area contributed by atoms with Crippen LogP contribution >= 0.6 is 0 Å². The van der Waals surface area contributed by atoms with E-state index in [0.717, 1.165) is 25.7 Å². The lowest BCUT2D eigenvalue weighted by atomic mass is 9.87. The Bertz CT molecular complexity index is 149. The fourth-order valence-electron chi connectivity index (χ4n) is 1.78. The molecule has 0 aromatic carbocycles. The molecular formula is C12H25NO2. The molecule has 15 heavy (non-hydrogen) atoms. The summed E-state index contributed by atoms with van der Waals surface area (Å²) in [6, 6.07) is 0. The molecule has 0 aromatic rings. The zero-order valence-corrected chi connectivity index (χ0v) is 10.1. The molecule has 1 fully saturated rings. The first-order valence-electron chi connectivity index (χ1n) is 5.98. The summed E-state index contributed by atoms with van der Waals surface area (Å²) in [5.41, 5.74) is 5.14. The highest BCUT2D eigenvalue weighted by Gasteiger charge is 2.23. The van der Waals surface area contributed by atoms with Gasteiger partial charge in [-0.3, -0.25) is 0 Å². The second-order valence-electron chi connectivity index (χ2n) is 4.00. The van der Waals surface area contributed by atoms with Crippen molar-refractivity contribution < 1.29 is 9.53 Å². The molecule has 0 aliphatic heterocycles. The van der Waals surface area contributed by atoms with Crippen molar-refractivity contribution in [1.29, 1.82) is 0 Å². The summed E-state index contributed by atoms with van der Waals surface area (Å²) >= 11 is 0. The molecule has 0 aromatic heterocycles. The van der Waals surface area contributed by atoms with E-state index in [1.807, 2.05) is 0 Å². The molecule has 3 heteroatoms. The number of hydrogen-bond acceptors (Lipinski definition) is 3. The Morgan fingerprint density at radius 2 is 2.07 bits per heavy atom. The van der Waals surface area contributed by atoms with Gasteiger partial charge in [0.2, 0.25) is 0 Å². The largest absolute Gasteiger partial charge is 0.381 e. The number of nitrogens with two attached hydrogens (primary N) is 1. The molecule has 2 N–H and O–H groups in total.